The SMILES string of the molecule is CC(CCl)N(C)c1cncc2nnnn12. The van der Waals surface area contributed by atoms with E-state index in [0.29, 0.717) is 11.5 Å². The van der Waals surface area contributed by atoms with Crippen LogP contribution >= 0.6 is 11.6 Å². The molecule has 2 aromatic heterocycles. The van der Waals surface area contributed by atoms with Gasteiger partial charge in [-0.2, -0.15) is 4.52 Å². The van der Waals surface area contributed by atoms with E-state index in [9.17, 15) is 0 Å². The zero-order valence-electron chi connectivity index (χ0n) is 8.50. The first-order valence-electron chi connectivity index (χ1n) is 4.55. The van der Waals surface area contributed by atoms with Gasteiger partial charge in [-0.3, -0.25) is 4.98 Å². The monoisotopic (exact) mass is 226 g/mol. The van der Waals surface area contributed by atoms with Crippen molar-refractivity contribution in [3.63, 3.8) is 0 Å². The van der Waals surface area contributed by atoms with Crippen LogP contribution in [0.2, 0.25) is 0 Å². The van der Waals surface area contributed by atoms with E-state index < -0.39 is 0 Å². The van der Waals surface area contributed by atoms with Crippen molar-refractivity contribution in [3.05, 3.63) is 12.4 Å². The average Bonchev–Trinajstić information content (AvgIpc) is 2.74. The highest BCUT2D eigenvalue weighted by Gasteiger charge is 2.13. The fourth-order valence-electron chi connectivity index (χ4n) is 1.23. The summed E-state index contributed by atoms with van der Waals surface area (Å²) in [6.45, 7) is 2.02. The number of tetrazole rings is 1. The van der Waals surface area contributed by atoms with Crippen molar-refractivity contribution >= 4 is 23.1 Å². The lowest BCUT2D eigenvalue weighted by Crippen LogP contribution is -2.32. The van der Waals surface area contributed by atoms with Crippen LogP contribution in [0.5, 0.6) is 0 Å². The molecule has 2 aromatic rings. The molecule has 0 N–H and O–H groups in total. The predicted molar refractivity (Wildman–Crippen MR) is 57.2 cm³/mol. The van der Waals surface area contributed by atoms with Crippen molar-refractivity contribution in [2.24, 2.45) is 0 Å². The van der Waals surface area contributed by atoms with Gasteiger partial charge in [0.25, 0.3) is 0 Å². The summed E-state index contributed by atoms with van der Waals surface area (Å²) in [5.41, 5.74) is 0.626. The summed E-state index contributed by atoms with van der Waals surface area (Å²) in [6.07, 6.45) is 3.33. The minimum absolute atomic E-state index is 0.197. The van der Waals surface area contributed by atoms with Crippen LogP contribution in [0, 0.1) is 0 Å². The quantitative estimate of drug-likeness (QED) is 0.717. The van der Waals surface area contributed by atoms with E-state index in [1.54, 1.807) is 16.9 Å². The normalized spacial score (nSPS) is 13.0. The van der Waals surface area contributed by atoms with Gasteiger partial charge < -0.3 is 4.90 Å². The van der Waals surface area contributed by atoms with E-state index in [2.05, 4.69) is 20.5 Å². The Morgan fingerprint density at radius 2 is 2.33 bits per heavy atom. The smallest absolute Gasteiger partial charge is 0.199 e. The van der Waals surface area contributed by atoms with E-state index in [1.807, 2.05) is 18.9 Å². The molecule has 80 valence electrons. The maximum Gasteiger partial charge on any atom is 0.199 e. The molecule has 0 aliphatic carbocycles. The van der Waals surface area contributed by atoms with Gasteiger partial charge in [-0.1, -0.05) is 0 Å². The standard InChI is InChI=1S/C8H11ClN6/c1-6(3-9)14(2)8-5-10-4-7-11-12-13-15(7)8/h4-6H,3H2,1-2H3. The first-order valence-corrected chi connectivity index (χ1v) is 5.08. The number of rotatable bonds is 3. The summed E-state index contributed by atoms with van der Waals surface area (Å²) in [7, 11) is 1.94. The molecule has 1 atom stereocenters. The van der Waals surface area contributed by atoms with Crippen LogP contribution in [-0.4, -0.2) is 44.0 Å². The fourth-order valence-corrected chi connectivity index (χ4v) is 1.44. The lowest BCUT2D eigenvalue weighted by molar-refractivity contribution is 0.715. The lowest BCUT2D eigenvalue weighted by atomic mass is 10.3. The fraction of sp³-hybridized carbons (Fsp3) is 0.500. The second kappa shape index (κ2) is 3.98. The van der Waals surface area contributed by atoms with E-state index in [4.69, 9.17) is 11.6 Å². The van der Waals surface area contributed by atoms with Crippen LogP contribution in [0.25, 0.3) is 5.65 Å². The van der Waals surface area contributed by atoms with Gasteiger partial charge in [0.05, 0.1) is 12.4 Å². The molecule has 2 heterocycles. The highest BCUT2D eigenvalue weighted by Crippen LogP contribution is 2.14. The number of hydrogen-bond acceptors (Lipinski definition) is 5. The molecule has 6 nitrogen and oxygen atoms in total. The van der Waals surface area contributed by atoms with Crippen LogP contribution in [0.1, 0.15) is 6.92 Å². The highest BCUT2D eigenvalue weighted by molar-refractivity contribution is 6.18. The van der Waals surface area contributed by atoms with Gasteiger partial charge in [0.15, 0.2) is 11.5 Å². The third kappa shape index (κ3) is 1.72. The first-order chi connectivity index (χ1) is 7.24. The number of aromatic nitrogens is 5. The highest BCUT2D eigenvalue weighted by atomic mass is 35.5. The predicted octanol–water partition coefficient (Wildman–Crippen LogP) is 0.583. The average molecular weight is 227 g/mol. The summed E-state index contributed by atoms with van der Waals surface area (Å²) in [4.78, 5) is 6.06. The van der Waals surface area contributed by atoms with Crippen molar-refractivity contribution in [2.75, 3.05) is 17.8 Å². The molecule has 0 fully saturated rings. The zero-order chi connectivity index (χ0) is 10.8. The van der Waals surface area contributed by atoms with Gasteiger partial charge in [0.2, 0.25) is 0 Å². The topological polar surface area (TPSA) is 59.2 Å². The van der Waals surface area contributed by atoms with Crippen LogP contribution in [-0.2, 0) is 0 Å². The van der Waals surface area contributed by atoms with Crippen LogP contribution in [0.3, 0.4) is 0 Å². The molecule has 2 rings (SSSR count). The molecule has 0 aliphatic heterocycles. The van der Waals surface area contributed by atoms with E-state index >= 15 is 0 Å². The van der Waals surface area contributed by atoms with E-state index in [0.717, 1.165) is 5.82 Å². The molecular formula is C8H11ClN6. The molecular weight excluding hydrogens is 216 g/mol. The number of alkyl halides is 1. The van der Waals surface area contributed by atoms with Crippen molar-refractivity contribution in [2.45, 2.75) is 13.0 Å². The molecule has 7 heteroatoms. The minimum Gasteiger partial charge on any atom is -0.354 e. The minimum atomic E-state index is 0.197. The molecule has 0 radical (unpaired) electrons. The lowest BCUT2D eigenvalue weighted by Gasteiger charge is -2.24. The largest absolute Gasteiger partial charge is 0.354 e. The Morgan fingerprint density at radius 1 is 1.53 bits per heavy atom. The number of anilines is 1. The van der Waals surface area contributed by atoms with Gasteiger partial charge in [-0.25, -0.2) is 0 Å². The van der Waals surface area contributed by atoms with Crippen molar-refractivity contribution in [3.8, 4) is 0 Å². The molecule has 0 spiro atoms. The second-order valence-corrected chi connectivity index (χ2v) is 3.64. The number of fused-ring (bicyclic) bond motifs is 1. The van der Waals surface area contributed by atoms with Crippen LogP contribution in [0.15, 0.2) is 12.4 Å². The summed E-state index contributed by atoms with van der Waals surface area (Å²) in [5, 5.41) is 11.3. The Bertz CT molecular complexity index is 455. The Hall–Kier alpha value is -1.43. The molecule has 0 aliphatic rings. The van der Waals surface area contributed by atoms with Gasteiger partial charge in [0.1, 0.15) is 0 Å². The molecule has 0 saturated heterocycles. The molecule has 0 aromatic carbocycles. The van der Waals surface area contributed by atoms with Crippen LogP contribution < -0.4 is 4.90 Å². The third-order valence-electron chi connectivity index (χ3n) is 2.34. The van der Waals surface area contributed by atoms with Gasteiger partial charge in [0, 0.05) is 19.0 Å². The Labute approximate surface area is 91.9 Å². The van der Waals surface area contributed by atoms with Gasteiger partial charge in [-0.15, -0.1) is 16.7 Å². The molecule has 1 unspecified atom stereocenters. The molecule has 0 amide bonds. The summed E-state index contributed by atoms with van der Waals surface area (Å²) >= 11 is 5.80. The molecule has 0 saturated carbocycles. The Kier molecular flexibility index (Phi) is 2.68. The zero-order valence-corrected chi connectivity index (χ0v) is 9.26. The van der Waals surface area contributed by atoms with Crippen molar-refractivity contribution in [1.29, 1.82) is 0 Å². The third-order valence-corrected chi connectivity index (χ3v) is 2.78. The van der Waals surface area contributed by atoms with Crippen LogP contribution in [0.4, 0.5) is 5.82 Å². The number of halogens is 1. The Balaban J connectivity index is 2.46. The molecule has 0 bridgehead atoms. The second-order valence-electron chi connectivity index (χ2n) is 3.33. The number of hydrogen-bond donors (Lipinski definition) is 0. The summed E-state index contributed by atoms with van der Waals surface area (Å²) in [6, 6.07) is 0.197. The summed E-state index contributed by atoms with van der Waals surface area (Å²) in [5.74, 6) is 1.36. The van der Waals surface area contributed by atoms with E-state index in [-0.39, 0.29) is 6.04 Å². The Morgan fingerprint density at radius 3 is 3.07 bits per heavy atom. The molecule has 15 heavy (non-hydrogen) atoms. The van der Waals surface area contributed by atoms with Crippen molar-refractivity contribution < 1.29 is 0 Å². The maximum absolute atomic E-state index is 5.80. The van der Waals surface area contributed by atoms with Gasteiger partial charge in [-0.05, 0) is 17.4 Å². The maximum atomic E-state index is 5.80. The number of nitrogens with zero attached hydrogens (tertiary/aromatic N) is 6. The first kappa shape index (κ1) is 10.1. The summed E-state index contributed by atoms with van der Waals surface area (Å²) < 4.78 is 1.63. The van der Waals surface area contributed by atoms with E-state index in [1.165, 1.54) is 0 Å². The van der Waals surface area contributed by atoms with Gasteiger partial charge >= 0.3 is 0 Å². The van der Waals surface area contributed by atoms with Crippen molar-refractivity contribution in [1.82, 2.24) is 25.0 Å².